The molecule has 0 aliphatic carbocycles. The Balaban J connectivity index is -0.000000746. The van der Waals surface area contributed by atoms with E-state index in [9.17, 15) is 55.5 Å². The first kappa shape index (κ1) is 139. The Hall–Kier alpha value is -7.75. The zero-order valence-corrected chi connectivity index (χ0v) is 91.6. The Bertz CT molecular complexity index is 5290. The third kappa shape index (κ3) is 70.8. The van der Waals surface area contributed by atoms with Crippen LogP contribution in [0.5, 0.6) is 0 Å². The van der Waals surface area contributed by atoms with E-state index in [4.69, 9.17) is 126 Å². The van der Waals surface area contributed by atoms with Gasteiger partial charge < -0.3 is 59.2 Å². The number of carbonyl (C=O) groups excluding carboxylic acids is 7. The number of carboxylic acid groups (broad SMARTS) is 2. The van der Waals surface area contributed by atoms with Crippen LogP contribution in [0.3, 0.4) is 0 Å². The van der Waals surface area contributed by atoms with Gasteiger partial charge in [0.2, 0.25) is 6.41 Å². The number of imidazole rings is 2. The van der Waals surface area contributed by atoms with Crippen LogP contribution in [0.2, 0.25) is 35.2 Å². The van der Waals surface area contributed by atoms with Crippen molar-refractivity contribution in [2.24, 2.45) is 15.3 Å². The van der Waals surface area contributed by atoms with Gasteiger partial charge in [0.25, 0.3) is 6.47 Å². The maximum Gasteiger partial charge on any atom is 1.00 e. The zero-order valence-electron chi connectivity index (χ0n) is 80.7. The van der Waals surface area contributed by atoms with Gasteiger partial charge in [-0.25, -0.2) is 27.3 Å². The average molecular weight is 2230 g/mol. The quantitative estimate of drug-likeness (QED) is 0.00408. The summed E-state index contributed by atoms with van der Waals surface area (Å²) in [5.74, 6) is -2.33. The number of carbonyl (C=O) groups is 9. The molecule has 140 heavy (non-hydrogen) atoms. The van der Waals surface area contributed by atoms with Crippen molar-refractivity contribution in [3.63, 3.8) is 0 Å². The third-order valence-electron chi connectivity index (χ3n) is 16.2. The normalized spacial score (nSPS) is 11.8. The second kappa shape index (κ2) is 78.7. The molecule has 1 amide bonds. The first-order valence-electron chi connectivity index (χ1n) is 42.5. The maximum absolute atomic E-state index is 12.4. The number of unbranched alkanes of at least 4 members (excludes halogenated alkanes) is 5. The molecule has 6 unspecified atom stereocenters. The van der Waals surface area contributed by atoms with Gasteiger partial charge in [0.1, 0.15) is 16.7 Å². The van der Waals surface area contributed by atoms with Crippen LogP contribution in [0.15, 0.2) is 145 Å². The molecule has 0 saturated carbocycles. The summed E-state index contributed by atoms with van der Waals surface area (Å²) >= 11 is 54.5. The number of fused-ring (bicyclic) bond motifs is 2. The van der Waals surface area contributed by atoms with Crippen molar-refractivity contribution < 1.29 is 119 Å². The fourth-order valence-electron chi connectivity index (χ4n) is 9.04. The molecule has 9 aromatic heterocycles. The van der Waals surface area contributed by atoms with E-state index in [1.54, 1.807) is 121 Å². The molecular weight excluding hydrogens is 2100 g/mol. The summed E-state index contributed by atoms with van der Waals surface area (Å²) in [6.07, 6.45) is 26.9. The number of nitrogens with two attached hydrogens (primary N) is 2. The van der Waals surface area contributed by atoms with E-state index in [1.165, 1.54) is 31.6 Å². The summed E-state index contributed by atoms with van der Waals surface area (Å²) in [7, 11) is -3.78. The molecule has 774 valence electrons. The number of amides is 1. The Kier molecular flexibility index (Phi) is 77.8. The van der Waals surface area contributed by atoms with Crippen LogP contribution >= 0.6 is 120 Å². The van der Waals surface area contributed by atoms with Crippen LogP contribution in [0, 0.1) is 0 Å². The van der Waals surface area contributed by atoms with E-state index < -0.39 is 67.0 Å². The molecule has 0 aliphatic rings. The molecule has 0 fully saturated rings. The van der Waals surface area contributed by atoms with Crippen LogP contribution in [-0.2, 0) is 112 Å². The van der Waals surface area contributed by atoms with Crippen molar-refractivity contribution >= 4 is 225 Å². The van der Waals surface area contributed by atoms with Gasteiger partial charge in [0, 0.05) is 85.5 Å². The van der Waals surface area contributed by atoms with Crippen molar-refractivity contribution in [3.05, 3.63) is 216 Å². The molecule has 9 heterocycles. The van der Waals surface area contributed by atoms with Gasteiger partial charge in [-0.3, -0.25) is 77.8 Å². The Labute approximate surface area is 887 Å². The van der Waals surface area contributed by atoms with Crippen molar-refractivity contribution in [1.29, 1.82) is 0 Å². The number of pyridine rings is 7. The van der Waals surface area contributed by atoms with Crippen LogP contribution in [-0.4, -0.2) is 180 Å². The van der Waals surface area contributed by atoms with Gasteiger partial charge in [-0.15, -0.1) is 0 Å². The van der Waals surface area contributed by atoms with Gasteiger partial charge in [0.05, 0.1) is 184 Å². The van der Waals surface area contributed by atoms with Crippen LogP contribution in [0.1, 0.15) is 250 Å². The van der Waals surface area contributed by atoms with Crippen molar-refractivity contribution in [2.45, 2.75) is 233 Å². The molecule has 0 radical (unpaired) electrons. The number of ether oxygens (including phenoxy) is 5. The summed E-state index contributed by atoms with van der Waals surface area (Å²) in [6, 6.07) is 21.9. The monoisotopic (exact) mass is 2220 g/mol. The molecule has 0 aliphatic heterocycles. The predicted octanol–water partition coefficient (Wildman–Crippen LogP) is 18.0. The third-order valence-corrected chi connectivity index (χ3v) is 22.0. The number of esters is 5. The van der Waals surface area contributed by atoms with Crippen molar-refractivity contribution in [1.82, 2.24) is 53.7 Å². The summed E-state index contributed by atoms with van der Waals surface area (Å²) in [5, 5.41) is 23.8. The standard InChI is InChI=1S/C16H25ClN2O3S.C13H17ClN2O3.C13H15ClN2O2.C12H17ClN2O2.C10H13ClN2OS.C9H7ClN2O2.C6H4ClNO.C6H12O2.C4H11NOS.CH2O2.Cl3OP.Li.H2O/c1-5-6-9-22-15(20)11-14(19-23(21)16(2,3)4)13-10-12(17)7-8-18-13;1-2-3-6-19-13(18)8-12(16-9-17)11-7-10(14)4-5-15-11;1-2-3-6-18-13(17)8-11-12-7-10(14)4-5-16(12)9-15-11;1-2-3-6-17-12(16)8-10(14)11-7-9(13)4-5-15-11;1-10(2,3)15(14)13-7-9-6-8(11)4-5-12-9;10-6-1-2-12-5-11-7(4-9(13)14)8(12)3-6;7-5-1-2-8-6(3-5)4-9;1-3-4-5-8-6(2)7;1-4(2,3)7(5)6;2-1-3;1-5(2,3)4;;/h7-8,10,14,19H,5-6,9,11H2,1-4H3;4-5,7,9,12H,2-3,6,8H2,1H3,(H,16,17);4-5,7,9H,2-3,6,8H2,1H3;4-5,7,10H,2-3,6,8,14H2,1H3;4-7H,1-3H3;1-3,5H,4H2,(H,13,14);1-4H;3-5H2,1-2H3;5H2,1-3H3;1H,(H,2,3);;;1H2/q;;;;;;;;;;;+1;/p-1. The van der Waals surface area contributed by atoms with Gasteiger partial charge in [-0.1, -0.05) is 148 Å². The van der Waals surface area contributed by atoms with Crippen LogP contribution in [0.4, 0.5) is 0 Å². The number of nitrogens with zero attached hydrogens (tertiary/aromatic N) is 10. The fourth-order valence-corrected chi connectivity index (χ4v) is 11.5. The van der Waals surface area contributed by atoms with Gasteiger partial charge in [0.15, 0.2) is 6.29 Å². The first-order valence-corrected chi connectivity index (χ1v) is 53.0. The largest absolute Gasteiger partial charge is 1.00 e. The molecule has 9 rings (SSSR count). The average Bonchev–Trinajstić information content (AvgIpc) is 1.67. The molecule has 50 heteroatoms. The minimum atomic E-state index is -3.22. The SMILES string of the molecule is CC(C)(C)S(=O)N=Cc1cc(Cl)ccn1.CC(C)(C)S(N)=O.CCCCOC(=O)CC(N)c1cc(Cl)ccn1.CCCCOC(=O)CC(NC=O)c1cc(Cl)ccn1.CCCCOC(=O)CC(NS(=O)C(C)(C)C)c1cc(Cl)ccn1.CCCCOC(=O)Cc1ncn2ccc(Cl)cc12.CCCCOC(C)=O.O=C(O)Cc1ncn2ccc(Cl)cc12.O=CO.O=Cc1cc(Cl)ccn1.O=P(Cl)(Cl)Cl.[Li+].[OH-]. The summed E-state index contributed by atoms with van der Waals surface area (Å²) in [6.45, 7) is 30.3. The molecule has 6 atom stereocenters. The number of aldehydes is 1. The minimum absolute atomic E-state index is 0. The number of aromatic nitrogens is 9. The van der Waals surface area contributed by atoms with Gasteiger partial charge >= 0.3 is 59.9 Å². The molecule has 9 N–H and O–H groups in total. The number of nitrogens with one attached hydrogen (secondary N) is 2. The number of hydrogen-bond acceptors (Lipinski definition) is 27. The van der Waals surface area contributed by atoms with E-state index >= 15 is 0 Å². The molecule has 0 bridgehead atoms. The number of rotatable bonds is 35. The molecule has 35 nitrogen and oxygen atoms in total. The number of halogens is 10. The fraction of sp³-hybridized carbons (Fsp3) is 0.456. The van der Waals surface area contributed by atoms with Gasteiger partial charge in [-0.05, 0) is 213 Å². The topological polar surface area (TPSA) is 526 Å². The van der Waals surface area contributed by atoms with Crippen molar-refractivity contribution in [2.75, 3.05) is 33.0 Å². The van der Waals surface area contributed by atoms with Gasteiger partial charge in [-0.2, -0.15) is 4.40 Å². The second-order valence-corrected chi connectivity index (χ2v) is 46.6. The number of aliphatic carboxylic acids is 1. The second-order valence-electron chi connectivity index (χ2n) is 31.1. The van der Waals surface area contributed by atoms with E-state index in [2.05, 4.69) is 102 Å². The zero-order chi connectivity index (χ0) is 105. The number of hydrogen-bond donors (Lipinski definition) is 6. The molecule has 0 aromatic carbocycles. The first-order chi connectivity index (χ1) is 64.7. The van der Waals surface area contributed by atoms with E-state index in [1.807, 2.05) is 93.7 Å². The summed E-state index contributed by atoms with van der Waals surface area (Å²) < 4.78 is 78.3. The molecular formula is C90H124Cl10LiN14O21PS3. The Morgan fingerprint density at radius 1 is 0.493 bits per heavy atom. The minimum Gasteiger partial charge on any atom is -0.870 e. The number of carboxylic acids is 1. The summed E-state index contributed by atoms with van der Waals surface area (Å²) in [4.78, 5) is 125. The van der Waals surface area contributed by atoms with Crippen LogP contribution in [0.25, 0.3) is 11.0 Å². The maximum atomic E-state index is 12.4. The summed E-state index contributed by atoms with van der Waals surface area (Å²) in [5.41, 5.74) is 11.3. The molecule has 9 aromatic rings. The molecule has 0 spiro atoms. The van der Waals surface area contributed by atoms with E-state index in [0.717, 1.165) is 75.2 Å². The van der Waals surface area contributed by atoms with E-state index in [-0.39, 0.29) is 102 Å². The molecule has 0 saturated heterocycles. The van der Waals surface area contributed by atoms with Crippen LogP contribution < -0.4 is 39.8 Å². The van der Waals surface area contributed by atoms with E-state index in [0.29, 0.717) is 121 Å². The smallest absolute Gasteiger partial charge is 0.870 e. The Morgan fingerprint density at radius 2 is 0.821 bits per heavy atom. The van der Waals surface area contributed by atoms with Crippen molar-refractivity contribution in [3.8, 4) is 0 Å². The Morgan fingerprint density at radius 3 is 1.16 bits per heavy atom. The predicted molar refractivity (Wildman–Crippen MR) is 552 cm³/mol.